The number of fused-ring (bicyclic) bond motifs is 1. The second-order valence-corrected chi connectivity index (χ2v) is 11.6. The third-order valence-electron chi connectivity index (χ3n) is 6.46. The van der Waals surface area contributed by atoms with Gasteiger partial charge < -0.3 is 18.9 Å². The highest BCUT2D eigenvalue weighted by atomic mass is 35.5. The molecular formula is C30H32Cl2N2O6S. The standard InChI is InChI=1S/C30H32Cl2N2O6S/c1-17(2)10-11-39-23-9-7-20(16-24(23)38-5)27-26(29(36)40-13-12-37-4)18(3)33-30-34(27)28(35)25(41-30)15-19-6-8-21(31)22(32)14-19/h6-9,14-17,27H,10-13H2,1-5H3/b25-15-. The molecule has 0 N–H and O–H groups in total. The maximum absolute atomic E-state index is 13.9. The molecule has 218 valence electrons. The Hall–Kier alpha value is -3.11. The first-order valence-electron chi connectivity index (χ1n) is 13.1. The van der Waals surface area contributed by atoms with E-state index in [9.17, 15) is 9.59 Å². The molecule has 1 aliphatic heterocycles. The van der Waals surface area contributed by atoms with Gasteiger partial charge in [-0.3, -0.25) is 9.36 Å². The summed E-state index contributed by atoms with van der Waals surface area (Å²) in [5.41, 5.74) is 1.76. The van der Waals surface area contributed by atoms with Crippen LogP contribution in [0.3, 0.4) is 0 Å². The number of thiazole rings is 1. The minimum absolute atomic E-state index is 0.0620. The van der Waals surface area contributed by atoms with Gasteiger partial charge in [0.05, 0.1) is 52.2 Å². The van der Waals surface area contributed by atoms with Gasteiger partial charge in [-0.25, -0.2) is 9.79 Å². The van der Waals surface area contributed by atoms with E-state index in [-0.39, 0.29) is 24.3 Å². The number of benzene rings is 2. The summed E-state index contributed by atoms with van der Waals surface area (Å²) in [6.07, 6.45) is 2.62. The number of hydrogen-bond donors (Lipinski definition) is 0. The molecule has 0 fully saturated rings. The first-order valence-corrected chi connectivity index (χ1v) is 14.7. The Labute approximate surface area is 252 Å². The molecule has 4 rings (SSSR count). The van der Waals surface area contributed by atoms with Crippen molar-refractivity contribution in [3.8, 4) is 11.5 Å². The number of halogens is 2. The summed E-state index contributed by atoms with van der Waals surface area (Å²) in [4.78, 5) is 32.4. The van der Waals surface area contributed by atoms with Crippen molar-refractivity contribution in [1.29, 1.82) is 0 Å². The largest absolute Gasteiger partial charge is 0.493 e. The Bertz CT molecular complexity index is 1640. The van der Waals surface area contributed by atoms with Gasteiger partial charge in [0.25, 0.3) is 5.56 Å². The van der Waals surface area contributed by atoms with E-state index in [1.54, 1.807) is 50.4 Å². The van der Waals surface area contributed by atoms with E-state index in [0.29, 0.717) is 60.2 Å². The third-order valence-corrected chi connectivity index (χ3v) is 8.18. The topological polar surface area (TPSA) is 88.4 Å². The highest BCUT2D eigenvalue weighted by Gasteiger charge is 2.34. The van der Waals surface area contributed by atoms with E-state index < -0.39 is 12.0 Å². The number of aromatic nitrogens is 1. The normalized spacial score (nSPS) is 15.1. The average Bonchev–Trinajstić information content (AvgIpc) is 3.23. The maximum Gasteiger partial charge on any atom is 0.338 e. The van der Waals surface area contributed by atoms with Gasteiger partial charge in [0.1, 0.15) is 6.61 Å². The monoisotopic (exact) mass is 618 g/mol. The van der Waals surface area contributed by atoms with E-state index in [1.807, 2.05) is 6.07 Å². The molecule has 1 atom stereocenters. The Morgan fingerprint density at radius 3 is 2.54 bits per heavy atom. The molecule has 1 aromatic heterocycles. The summed E-state index contributed by atoms with van der Waals surface area (Å²) in [7, 11) is 3.08. The fourth-order valence-electron chi connectivity index (χ4n) is 4.33. The van der Waals surface area contributed by atoms with Crippen LogP contribution in [0.25, 0.3) is 6.08 Å². The molecule has 1 aliphatic rings. The molecule has 0 aliphatic carbocycles. The predicted octanol–water partition coefficient (Wildman–Crippen LogP) is 5.17. The van der Waals surface area contributed by atoms with Crippen LogP contribution in [0.5, 0.6) is 11.5 Å². The molecule has 2 aromatic carbocycles. The van der Waals surface area contributed by atoms with Gasteiger partial charge in [-0.05, 0) is 60.7 Å². The molecule has 0 spiro atoms. The summed E-state index contributed by atoms with van der Waals surface area (Å²) < 4.78 is 24.1. The van der Waals surface area contributed by atoms with Crippen LogP contribution in [-0.4, -0.2) is 44.6 Å². The first kappa shape index (κ1) is 30.8. The van der Waals surface area contributed by atoms with Crippen molar-refractivity contribution in [2.75, 3.05) is 34.0 Å². The molecule has 41 heavy (non-hydrogen) atoms. The van der Waals surface area contributed by atoms with Gasteiger partial charge >= 0.3 is 5.97 Å². The Kier molecular flexibility index (Phi) is 10.3. The fourth-order valence-corrected chi connectivity index (χ4v) is 5.68. The van der Waals surface area contributed by atoms with E-state index in [4.69, 9.17) is 42.1 Å². The lowest BCUT2D eigenvalue weighted by Gasteiger charge is -2.25. The fraction of sp³-hybridized carbons (Fsp3) is 0.367. The van der Waals surface area contributed by atoms with Gasteiger partial charge in [-0.15, -0.1) is 0 Å². The van der Waals surface area contributed by atoms with Crippen molar-refractivity contribution in [2.45, 2.75) is 33.2 Å². The van der Waals surface area contributed by atoms with Crippen LogP contribution in [0.1, 0.15) is 44.4 Å². The van der Waals surface area contributed by atoms with E-state index in [2.05, 4.69) is 18.8 Å². The summed E-state index contributed by atoms with van der Waals surface area (Å²) >= 11 is 13.5. The van der Waals surface area contributed by atoms with Crippen LogP contribution in [0.4, 0.5) is 0 Å². The number of ether oxygens (including phenoxy) is 4. The van der Waals surface area contributed by atoms with Crippen molar-refractivity contribution in [3.05, 3.63) is 88.5 Å². The van der Waals surface area contributed by atoms with Crippen LogP contribution in [0.15, 0.2) is 57.5 Å². The minimum Gasteiger partial charge on any atom is -0.493 e. The molecule has 1 unspecified atom stereocenters. The number of esters is 1. The Balaban J connectivity index is 1.85. The van der Waals surface area contributed by atoms with Crippen LogP contribution in [0, 0.1) is 5.92 Å². The van der Waals surface area contributed by atoms with Gasteiger partial charge in [-0.2, -0.15) is 0 Å². The summed E-state index contributed by atoms with van der Waals surface area (Å²) in [5.74, 6) is 0.980. The lowest BCUT2D eigenvalue weighted by molar-refractivity contribution is -0.140. The minimum atomic E-state index is -0.809. The molecule has 11 heteroatoms. The predicted molar refractivity (Wildman–Crippen MR) is 161 cm³/mol. The number of allylic oxidation sites excluding steroid dienone is 1. The van der Waals surface area contributed by atoms with Crippen LogP contribution >= 0.6 is 34.5 Å². The number of rotatable bonds is 11. The lowest BCUT2D eigenvalue weighted by Crippen LogP contribution is -2.40. The molecule has 3 aromatic rings. The molecule has 0 bridgehead atoms. The number of hydrogen-bond acceptors (Lipinski definition) is 8. The van der Waals surface area contributed by atoms with Crippen molar-refractivity contribution >= 4 is 46.6 Å². The van der Waals surface area contributed by atoms with Crippen LogP contribution in [-0.2, 0) is 14.3 Å². The van der Waals surface area contributed by atoms with Crippen molar-refractivity contribution in [3.63, 3.8) is 0 Å². The molecule has 0 saturated carbocycles. The van der Waals surface area contributed by atoms with Crippen LogP contribution in [0.2, 0.25) is 10.0 Å². The number of methoxy groups -OCH3 is 2. The van der Waals surface area contributed by atoms with Crippen molar-refractivity contribution in [2.24, 2.45) is 10.9 Å². The first-order chi connectivity index (χ1) is 19.6. The highest BCUT2D eigenvalue weighted by Crippen LogP contribution is 2.36. The number of carbonyl (C=O) groups is 1. The SMILES string of the molecule is COCCOC(=O)C1=C(C)N=c2s/c(=C\c3ccc(Cl)c(Cl)c3)c(=O)n2C1c1ccc(OCCC(C)C)c(OC)c1. The zero-order valence-electron chi connectivity index (χ0n) is 23.5. The van der Waals surface area contributed by atoms with Gasteiger partial charge in [0, 0.05) is 7.11 Å². The second-order valence-electron chi connectivity index (χ2n) is 9.83. The number of nitrogens with zero attached hydrogens (tertiary/aromatic N) is 2. The average molecular weight is 620 g/mol. The van der Waals surface area contributed by atoms with Gasteiger partial charge in [-0.1, -0.05) is 60.5 Å². The maximum atomic E-state index is 13.9. The summed E-state index contributed by atoms with van der Waals surface area (Å²) in [5, 5.41) is 0.800. The summed E-state index contributed by atoms with van der Waals surface area (Å²) in [6.45, 7) is 6.83. The molecule has 0 saturated heterocycles. The number of carbonyl (C=O) groups excluding carboxylic acids is 1. The van der Waals surface area contributed by atoms with Crippen LogP contribution < -0.4 is 24.4 Å². The van der Waals surface area contributed by atoms with E-state index >= 15 is 0 Å². The smallest absolute Gasteiger partial charge is 0.338 e. The quantitative estimate of drug-likeness (QED) is 0.218. The zero-order valence-corrected chi connectivity index (χ0v) is 25.9. The van der Waals surface area contributed by atoms with Gasteiger partial charge in [0.2, 0.25) is 0 Å². The third kappa shape index (κ3) is 7.04. The Morgan fingerprint density at radius 1 is 1.07 bits per heavy atom. The second kappa shape index (κ2) is 13.7. The zero-order chi connectivity index (χ0) is 29.7. The summed E-state index contributed by atoms with van der Waals surface area (Å²) in [6, 6.07) is 9.73. The molecule has 0 amide bonds. The molecular weight excluding hydrogens is 587 g/mol. The van der Waals surface area contributed by atoms with Crippen molar-refractivity contribution < 1.29 is 23.7 Å². The molecule has 0 radical (unpaired) electrons. The van der Waals surface area contributed by atoms with Crippen molar-refractivity contribution in [1.82, 2.24) is 4.57 Å². The van der Waals surface area contributed by atoms with Gasteiger partial charge in [0.15, 0.2) is 16.3 Å². The molecule has 8 nitrogen and oxygen atoms in total. The molecule has 2 heterocycles. The van der Waals surface area contributed by atoms with E-state index in [1.165, 1.54) is 23.0 Å². The lowest BCUT2D eigenvalue weighted by atomic mass is 9.95. The Morgan fingerprint density at radius 2 is 1.85 bits per heavy atom. The highest BCUT2D eigenvalue weighted by molar-refractivity contribution is 7.07. The van der Waals surface area contributed by atoms with E-state index in [0.717, 1.165) is 6.42 Å².